The number of ether oxygens (including phenoxy) is 1. The molecule has 0 radical (unpaired) electrons. The van der Waals surface area contributed by atoms with Crippen LogP contribution in [-0.4, -0.2) is 37.2 Å². The van der Waals surface area contributed by atoms with Gasteiger partial charge in [0.05, 0.1) is 24.7 Å². The smallest absolute Gasteiger partial charge is 0.0947 e. The summed E-state index contributed by atoms with van der Waals surface area (Å²) in [5.74, 6) is 0. The van der Waals surface area contributed by atoms with E-state index in [0.717, 1.165) is 26.2 Å². The second kappa shape index (κ2) is 4.35. The van der Waals surface area contributed by atoms with Crippen LogP contribution in [0.2, 0.25) is 0 Å². The highest BCUT2D eigenvalue weighted by atomic mass is 16.5. The molecule has 1 aromatic heterocycles. The third kappa shape index (κ3) is 2.07. The van der Waals surface area contributed by atoms with Crippen LogP contribution in [0.4, 0.5) is 0 Å². The fourth-order valence-electron chi connectivity index (χ4n) is 2.04. The average molecular weight is 210 g/mol. The Bertz CT molecular complexity index is 292. The largest absolute Gasteiger partial charge is 0.472 e. The summed E-state index contributed by atoms with van der Waals surface area (Å²) in [6.45, 7) is 3.04. The molecule has 0 bridgehead atoms. The van der Waals surface area contributed by atoms with E-state index in [0.29, 0.717) is 6.54 Å². The summed E-state index contributed by atoms with van der Waals surface area (Å²) in [5.41, 5.74) is 7.04. The molecule has 4 nitrogen and oxygen atoms in total. The van der Waals surface area contributed by atoms with Gasteiger partial charge < -0.3 is 14.9 Å². The standard InChI is InChI=1S/C11H18N2O2/c1-13(6-10-2-4-14-7-10)11(8-12)3-5-15-9-11/h2,4,7H,3,5-6,8-9,12H2,1H3. The highest BCUT2D eigenvalue weighted by molar-refractivity contribution is 5.07. The van der Waals surface area contributed by atoms with Crippen LogP contribution in [0.15, 0.2) is 23.0 Å². The molecule has 15 heavy (non-hydrogen) atoms. The molecular formula is C11H18N2O2. The molecule has 0 amide bonds. The maximum atomic E-state index is 5.85. The zero-order chi connectivity index (χ0) is 10.7. The third-order valence-corrected chi connectivity index (χ3v) is 3.27. The Kier molecular flexibility index (Phi) is 3.09. The lowest BCUT2D eigenvalue weighted by molar-refractivity contribution is 0.0881. The summed E-state index contributed by atoms with van der Waals surface area (Å²) in [4.78, 5) is 2.27. The van der Waals surface area contributed by atoms with Crippen LogP contribution in [0, 0.1) is 0 Å². The second-order valence-electron chi connectivity index (χ2n) is 4.22. The van der Waals surface area contributed by atoms with Crippen molar-refractivity contribution in [1.29, 1.82) is 0 Å². The van der Waals surface area contributed by atoms with Crippen molar-refractivity contribution in [3.05, 3.63) is 24.2 Å². The predicted molar refractivity (Wildman–Crippen MR) is 57.4 cm³/mol. The lowest BCUT2D eigenvalue weighted by Crippen LogP contribution is -2.52. The van der Waals surface area contributed by atoms with Gasteiger partial charge in [0, 0.05) is 25.3 Å². The normalized spacial score (nSPS) is 26.3. The Hall–Kier alpha value is -0.840. The minimum absolute atomic E-state index is 0.0112. The van der Waals surface area contributed by atoms with E-state index in [4.69, 9.17) is 14.9 Å². The summed E-state index contributed by atoms with van der Waals surface area (Å²) >= 11 is 0. The van der Waals surface area contributed by atoms with E-state index in [-0.39, 0.29) is 5.54 Å². The van der Waals surface area contributed by atoms with Crippen molar-refractivity contribution in [2.45, 2.75) is 18.5 Å². The Balaban J connectivity index is 2.02. The first kappa shape index (κ1) is 10.7. The zero-order valence-corrected chi connectivity index (χ0v) is 9.11. The Morgan fingerprint density at radius 3 is 3.00 bits per heavy atom. The van der Waals surface area contributed by atoms with Crippen molar-refractivity contribution in [1.82, 2.24) is 4.90 Å². The predicted octanol–water partition coefficient (Wildman–Crippen LogP) is 0.829. The van der Waals surface area contributed by atoms with Crippen molar-refractivity contribution in [3.8, 4) is 0 Å². The van der Waals surface area contributed by atoms with Crippen LogP contribution in [0.1, 0.15) is 12.0 Å². The number of nitrogens with zero attached hydrogens (tertiary/aromatic N) is 1. The van der Waals surface area contributed by atoms with Crippen LogP contribution in [0.3, 0.4) is 0 Å². The van der Waals surface area contributed by atoms with Gasteiger partial charge in [-0.3, -0.25) is 4.90 Å². The van der Waals surface area contributed by atoms with Crippen LogP contribution in [-0.2, 0) is 11.3 Å². The first-order valence-electron chi connectivity index (χ1n) is 5.27. The number of likely N-dealkylation sites (N-methyl/N-ethyl adjacent to an activating group) is 1. The average Bonchev–Trinajstić information content (AvgIpc) is 2.87. The summed E-state index contributed by atoms with van der Waals surface area (Å²) in [5, 5.41) is 0. The van der Waals surface area contributed by atoms with Crippen LogP contribution >= 0.6 is 0 Å². The molecule has 84 valence electrons. The van der Waals surface area contributed by atoms with Gasteiger partial charge in [-0.1, -0.05) is 0 Å². The molecule has 1 aromatic rings. The molecule has 2 N–H and O–H groups in total. The lowest BCUT2D eigenvalue weighted by Gasteiger charge is -2.36. The Morgan fingerprint density at radius 1 is 1.60 bits per heavy atom. The Labute approximate surface area is 90.0 Å². The van der Waals surface area contributed by atoms with Gasteiger partial charge in [0.2, 0.25) is 0 Å². The molecule has 2 rings (SSSR count). The van der Waals surface area contributed by atoms with Gasteiger partial charge in [-0.05, 0) is 19.5 Å². The molecule has 1 unspecified atom stereocenters. The summed E-state index contributed by atoms with van der Waals surface area (Å²) in [6.07, 6.45) is 4.48. The van der Waals surface area contributed by atoms with Crippen molar-refractivity contribution in [3.63, 3.8) is 0 Å². The molecule has 2 heterocycles. The monoisotopic (exact) mass is 210 g/mol. The van der Waals surface area contributed by atoms with Gasteiger partial charge in [-0.15, -0.1) is 0 Å². The first-order chi connectivity index (χ1) is 7.27. The highest BCUT2D eigenvalue weighted by Crippen LogP contribution is 2.25. The molecule has 4 heteroatoms. The van der Waals surface area contributed by atoms with Crippen molar-refractivity contribution in [2.24, 2.45) is 5.73 Å². The maximum absolute atomic E-state index is 5.85. The zero-order valence-electron chi connectivity index (χ0n) is 9.11. The van der Waals surface area contributed by atoms with Gasteiger partial charge in [0.1, 0.15) is 0 Å². The van der Waals surface area contributed by atoms with Gasteiger partial charge in [0.25, 0.3) is 0 Å². The highest BCUT2D eigenvalue weighted by Gasteiger charge is 2.37. The molecule has 0 saturated carbocycles. The molecular weight excluding hydrogens is 192 g/mol. The van der Waals surface area contributed by atoms with Crippen LogP contribution < -0.4 is 5.73 Å². The van der Waals surface area contributed by atoms with E-state index in [1.54, 1.807) is 12.5 Å². The molecule has 1 atom stereocenters. The van der Waals surface area contributed by atoms with Crippen molar-refractivity contribution < 1.29 is 9.15 Å². The number of nitrogens with two attached hydrogens (primary N) is 1. The van der Waals surface area contributed by atoms with Gasteiger partial charge >= 0.3 is 0 Å². The minimum atomic E-state index is 0.0112. The third-order valence-electron chi connectivity index (χ3n) is 3.27. The van der Waals surface area contributed by atoms with E-state index < -0.39 is 0 Å². The Morgan fingerprint density at radius 2 is 2.47 bits per heavy atom. The minimum Gasteiger partial charge on any atom is -0.472 e. The fraction of sp³-hybridized carbons (Fsp3) is 0.636. The van der Waals surface area contributed by atoms with Gasteiger partial charge in [-0.25, -0.2) is 0 Å². The molecule has 1 aliphatic heterocycles. The molecule has 1 fully saturated rings. The van der Waals surface area contributed by atoms with Crippen LogP contribution in [0.5, 0.6) is 0 Å². The molecule has 1 aliphatic rings. The van der Waals surface area contributed by atoms with Crippen molar-refractivity contribution >= 4 is 0 Å². The quantitative estimate of drug-likeness (QED) is 0.799. The second-order valence-corrected chi connectivity index (χ2v) is 4.22. The van der Waals surface area contributed by atoms with E-state index in [9.17, 15) is 0 Å². The van der Waals surface area contributed by atoms with Crippen molar-refractivity contribution in [2.75, 3.05) is 26.8 Å². The number of hydrogen-bond acceptors (Lipinski definition) is 4. The van der Waals surface area contributed by atoms with E-state index >= 15 is 0 Å². The summed E-state index contributed by atoms with van der Waals surface area (Å²) in [6, 6.07) is 1.98. The van der Waals surface area contributed by atoms with E-state index in [2.05, 4.69) is 11.9 Å². The number of furan rings is 1. The molecule has 0 spiro atoms. The van der Waals surface area contributed by atoms with E-state index in [1.807, 2.05) is 6.07 Å². The maximum Gasteiger partial charge on any atom is 0.0947 e. The topological polar surface area (TPSA) is 51.6 Å². The first-order valence-corrected chi connectivity index (χ1v) is 5.27. The lowest BCUT2D eigenvalue weighted by atomic mass is 9.96. The molecule has 1 saturated heterocycles. The summed E-state index contributed by atoms with van der Waals surface area (Å²) < 4.78 is 10.5. The molecule has 0 aromatic carbocycles. The van der Waals surface area contributed by atoms with Crippen LogP contribution in [0.25, 0.3) is 0 Å². The van der Waals surface area contributed by atoms with Gasteiger partial charge in [-0.2, -0.15) is 0 Å². The van der Waals surface area contributed by atoms with E-state index in [1.165, 1.54) is 5.56 Å². The fourth-order valence-corrected chi connectivity index (χ4v) is 2.04. The molecule has 0 aliphatic carbocycles. The SMILES string of the molecule is CN(Cc1ccoc1)C1(CN)CCOC1. The van der Waals surface area contributed by atoms with Gasteiger partial charge in [0.15, 0.2) is 0 Å². The number of hydrogen-bond donors (Lipinski definition) is 1. The number of rotatable bonds is 4. The summed E-state index contributed by atoms with van der Waals surface area (Å²) in [7, 11) is 2.09.